The van der Waals surface area contributed by atoms with Crippen LogP contribution in [0.15, 0.2) is 12.1 Å². The summed E-state index contributed by atoms with van der Waals surface area (Å²) >= 11 is 0. The van der Waals surface area contributed by atoms with E-state index in [2.05, 4.69) is 25.8 Å². The van der Waals surface area contributed by atoms with Gasteiger partial charge in [0, 0.05) is 6.07 Å². The summed E-state index contributed by atoms with van der Waals surface area (Å²) in [4.78, 5) is 4.41. The second-order valence-electron chi connectivity index (χ2n) is 7.36. The van der Waals surface area contributed by atoms with Gasteiger partial charge in [0.2, 0.25) is 11.8 Å². The first-order valence-corrected chi connectivity index (χ1v) is 7.85. The van der Waals surface area contributed by atoms with Crippen LogP contribution in [-0.2, 0) is 0 Å². The van der Waals surface area contributed by atoms with Gasteiger partial charge in [0.1, 0.15) is 6.10 Å². The molecule has 2 atom stereocenters. The van der Waals surface area contributed by atoms with E-state index in [0.717, 1.165) is 12.8 Å². The number of nitrogen functional groups attached to an aromatic ring is 1. The molecule has 118 valence electrons. The minimum Gasteiger partial charge on any atom is -0.474 e. The van der Waals surface area contributed by atoms with E-state index < -0.39 is 0 Å². The minimum atomic E-state index is 0.0451. The molecule has 0 spiro atoms. The van der Waals surface area contributed by atoms with Gasteiger partial charge in [-0.1, -0.05) is 20.8 Å². The van der Waals surface area contributed by atoms with Crippen LogP contribution in [0.25, 0.3) is 0 Å². The molecule has 2 N–H and O–H groups in total. The molecule has 4 heteroatoms. The van der Waals surface area contributed by atoms with Crippen molar-refractivity contribution in [2.24, 2.45) is 11.3 Å². The molecule has 1 aliphatic carbocycles. The number of hydrogen-bond acceptors (Lipinski definition) is 4. The van der Waals surface area contributed by atoms with Crippen molar-refractivity contribution in [2.45, 2.75) is 66.1 Å². The van der Waals surface area contributed by atoms with Gasteiger partial charge >= 0.3 is 0 Å². The van der Waals surface area contributed by atoms with Gasteiger partial charge in [-0.15, -0.1) is 0 Å². The van der Waals surface area contributed by atoms with Crippen molar-refractivity contribution >= 4 is 5.69 Å². The first kappa shape index (κ1) is 15.9. The van der Waals surface area contributed by atoms with Crippen LogP contribution in [0.1, 0.15) is 53.9 Å². The van der Waals surface area contributed by atoms with Crippen molar-refractivity contribution in [2.75, 3.05) is 5.73 Å². The number of pyridine rings is 1. The normalized spacial score (nSPS) is 24.9. The topological polar surface area (TPSA) is 57.4 Å². The zero-order valence-electron chi connectivity index (χ0n) is 13.8. The Labute approximate surface area is 128 Å². The number of aromatic nitrogens is 1. The molecule has 1 heterocycles. The Balaban J connectivity index is 2.09. The highest BCUT2D eigenvalue weighted by molar-refractivity contribution is 5.49. The van der Waals surface area contributed by atoms with Gasteiger partial charge in [0.05, 0.1) is 11.8 Å². The Bertz CT molecular complexity index is 486. The average molecular weight is 292 g/mol. The maximum absolute atomic E-state index is 6.09. The van der Waals surface area contributed by atoms with Crippen LogP contribution in [-0.4, -0.2) is 17.2 Å². The monoisotopic (exact) mass is 292 g/mol. The Morgan fingerprint density at radius 3 is 2.62 bits per heavy atom. The maximum Gasteiger partial charge on any atom is 0.240 e. The fraction of sp³-hybridized carbons (Fsp3) is 0.706. The molecule has 1 saturated carbocycles. The fourth-order valence-electron chi connectivity index (χ4n) is 3.34. The molecule has 1 aromatic rings. The Morgan fingerprint density at radius 2 is 2.00 bits per heavy atom. The lowest BCUT2D eigenvalue weighted by Crippen LogP contribution is -2.34. The molecule has 0 aliphatic heterocycles. The number of anilines is 1. The van der Waals surface area contributed by atoms with E-state index in [9.17, 15) is 0 Å². The lowest BCUT2D eigenvalue weighted by Gasteiger charge is -2.38. The average Bonchev–Trinajstić information content (AvgIpc) is 2.30. The van der Waals surface area contributed by atoms with E-state index in [1.165, 1.54) is 6.42 Å². The largest absolute Gasteiger partial charge is 0.474 e. The van der Waals surface area contributed by atoms with Gasteiger partial charge in [0.25, 0.3) is 0 Å². The first-order chi connectivity index (χ1) is 9.75. The van der Waals surface area contributed by atoms with Gasteiger partial charge in [-0.2, -0.15) is 4.98 Å². The summed E-state index contributed by atoms with van der Waals surface area (Å²) in [6, 6.07) is 3.63. The summed E-state index contributed by atoms with van der Waals surface area (Å²) in [7, 11) is 0. The van der Waals surface area contributed by atoms with Gasteiger partial charge in [-0.3, -0.25) is 0 Å². The number of ether oxygens (including phenoxy) is 2. The summed E-state index contributed by atoms with van der Waals surface area (Å²) in [6.07, 6.45) is 3.65. The van der Waals surface area contributed by atoms with E-state index in [1.54, 1.807) is 6.07 Å². The molecule has 1 aromatic heterocycles. The molecule has 0 bridgehead atoms. The van der Waals surface area contributed by atoms with Gasteiger partial charge in [-0.05, 0) is 50.5 Å². The molecule has 0 saturated heterocycles. The van der Waals surface area contributed by atoms with E-state index in [1.807, 2.05) is 19.9 Å². The van der Waals surface area contributed by atoms with E-state index >= 15 is 0 Å². The van der Waals surface area contributed by atoms with Gasteiger partial charge in [-0.25, -0.2) is 0 Å². The van der Waals surface area contributed by atoms with Crippen molar-refractivity contribution < 1.29 is 9.47 Å². The third-order valence-electron chi connectivity index (χ3n) is 3.85. The summed E-state index contributed by atoms with van der Waals surface area (Å²) < 4.78 is 11.7. The minimum absolute atomic E-state index is 0.0451. The van der Waals surface area contributed by atoms with Crippen LogP contribution in [0.4, 0.5) is 5.69 Å². The second-order valence-corrected chi connectivity index (χ2v) is 7.36. The molecular weight excluding hydrogens is 264 g/mol. The Kier molecular flexibility index (Phi) is 4.64. The van der Waals surface area contributed by atoms with Crippen LogP contribution in [0.2, 0.25) is 0 Å². The molecule has 0 radical (unpaired) electrons. The predicted octanol–water partition coefficient (Wildman–Crippen LogP) is 4.04. The summed E-state index contributed by atoms with van der Waals surface area (Å²) in [5, 5.41) is 0. The van der Waals surface area contributed by atoms with E-state index in [0.29, 0.717) is 28.8 Å². The molecule has 1 aliphatic rings. The molecule has 1 fully saturated rings. The zero-order chi connectivity index (χ0) is 15.6. The van der Waals surface area contributed by atoms with Gasteiger partial charge in [0.15, 0.2) is 0 Å². The molecule has 2 rings (SSSR count). The highest BCUT2D eigenvalue weighted by Gasteiger charge is 2.33. The quantitative estimate of drug-likeness (QED) is 0.909. The standard InChI is InChI=1S/C17H28N2O2/c1-11(2)20-16-14(18)6-7-15(19-16)21-13-8-12(3)9-17(4,5)10-13/h6-7,11-13H,8-10,18H2,1-5H3. The molecule has 4 nitrogen and oxygen atoms in total. The van der Waals surface area contributed by atoms with Crippen LogP contribution < -0.4 is 15.2 Å². The van der Waals surface area contributed by atoms with Crippen LogP contribution in [0, 0.1) is 11.3 Å². The predicted molar refractivity (Wildman–Crippen MR) is 85.6 cm³/mol. The summed E-state index contributed by atoms with van der Waals surface area (Å²) in [5.41, 5.74) is 6.77. The smallest absolute Gasteiger partial charge is 0.240 e. The van der Waals surface area contributed by atoms with Crippen LogP contribution >= 0.6 is 0 Å². The number of rotatable bonds is 4. The molecule has 0 amide bonds. The van der Waals surface area contributed by atoms with Crippen molar-refractivity contribution in [1.29, 1.82) is 0 Å². The van der Waals surface area contributed by atoms with E-state index in [4.69, 9.17) is 15.2 Å². The summed E-state index contributed by atoms with van der Waals surface area (Å²) in [6.45, 7) is 10.8. The van der Waals surface area contributed by atoms with Crippen molar-refractivity contribution in [3.63, 3.8) is 0 Å². The highest BCUT2D eigenvalue weighted by atomic mass is 16.5. The van der Waals surface area contributed by atoms with Crippen molar-refractivity contribution in [3.05, 3.63) is 12.1 Å². The molecular formula is C17H28N2O2. The van der Waals surface area contributed by atoms with Gasteiger partial charge < -0.3 is 15.2 Å². The third-order valence-corrected chi connectivity index (χ3v) is 3.85. The lowest BCUT2D eigenvalue weighted by molar-refractivity contribution is 0.0526. The molecule has 2 unspecified atom stereocenters. The first-order valence-electron chi connectivity index (χ1n) is 7.85. The Hall–Kier alpha value is -1.45. The van der Waals surface area contributed by atoms with Crippen LogP contribution in [0.5, 0.6) is 11.8 Å². The molecule has 21 heavy (non-hydrogen) atoms. The zero-order valence-corrected chi connectivity index (χ0v) is 13.8. The second kappa shape index (κ2) is 6.12. The maximum atomic E-state index is 6.09. The third kappa shape index (κ3) is 4.51. The number of nitrogens with zero attached hydrogens (tertiary/aromatic N) is 1. The fourth-order valence-corrected chi connectivity index (χ4v) is 3.34. The lowest BCUT2D eigenvalue weighted by atomic mass is 9.71. The Morgan fingerprint density at radius 1 is 1.29 bits per heavy atom. The highest BCUT2D eigenvalue weighted by Crippen LogP contribution is 2.40. The SMILES string of the molecule is CC1CC(Oc2ccc(N)c(OC(C)C)n2)CC(C)(C)C1. The van der Waals surface area contributed by atoms with Crippen molar-refractivity contribution in [3.8, 4) is 11.8 Å². The number of hydrogen-bond donors (Lipinski definition) is 1. The summed E-state index contributed by atoms with van der Waals surface area (Å²) in [5.74, 6) is 1.75. The number of nitrogens with two attached hydrogens (primary N) is 1. The van der Waals surface area contributed by atoms with Crippen molar-refractivity contribution in [1.82, 2.24) is 4.98 Å². The molecule has 0 aromatic carbocycles. The van der Waals surface area contributed by atoms with Crippen LogP contribution in [0.3, 0.4) is 0 Å². The van der Waals surface area contributed by atoms with E-state index in [-0.39, 0.29) is 12.2 Å².